The predicted octanol–water partition coefficient (Wildman–Crippen LogP) is 1.17. The maximum atomic E-state index is 12.5. The van der Waals surface area contributed by atoms with E-state index in [2.05, 4.69) is 4.74 Å². The van der Waals surface area contributed by atoms with E-state index < -0.39 is 17.8 Å². The molecule has 0 amide bonds. The molecule has 5 heteroatoms. The van der Waals surface area contributed by atoms with E-state index in [-0.39, 0.29) is 19.4 Å². The van der Waals surface area contributed by atoms with Crippen molar-refractivity contribution in [3.63, 3.8) is 0 Å². The highest BCUT2D eigenvalue weighted by Gasteiger charge is 2.27. The molecule has 13 heavy (non-hydrogen) atoms. The van der Waals surface area contributed by atoms with Gasteiger partial charge < -0.3 is 10.5 Å². The fraction of sp³-hybridized carbons (Fsp3) is 0.875. The Kier molecular flexibility index (Phi) is 4.83. The number of halogens is 2. The number of hydrogen-bond acceptors (Lipinski definition) is 3. The van der Waals surface area contributed by atoms with E-state index in [1.807, 2.05) is 0 Å². The molecule has 3 nitrogen and oxygen atoms in total. The molecule has 0 rings (SSSR count). The molecular weight excluding hydrogens is 180 g/mol. The zero-order chi connectivity index (χ0) is 10.5. The second-order valence-electron chi connectivity index (χ2n) is 3.16. The Morgan fingerprint density at radius 2 is 2.15 bits per heavy atom. The maximum Gasteiger partial charge on any atom is 0.305 e. The number of hydrogen-bond donors (Lipinski definition) is 1. The Labute approximate surface area is 76.2 Å². The minimum atomic E-state index is -2.78. The summed E-state index contributed by atoms with van der Waals surface area (Å²) in [7, 11) is 1.22. The molecule has 78 valence electrons. The first-order valence-electron chi connectivity index (χ1n) is 4.03. The highest BCUT2D eigenvalue weighted by atomic mass is 19.3. The first-order chi connectivity index (χ1) is 5.89. The Hall–Kier alpha value is -0.710. The molecule has 0 aromatic carbocycles. The van der Waals surface area contributed by atoms with Crippen LogP contribution in [0.1, 0.15) is 19.8 Å². The van der Waals surface area contributed by atoms with E-state index in [9.17, 15) is 13.6 Å². The summed E-state index contributed by atoms with van der Waals surface area (Å²) in [5, 5.41) is 0. The molecule has 0 saturated heterocycles. The van der Waals surface area contributed by atoms with Gasteiger partial charge in [0.25, 0.3) is 0 Å². The van der Waals surface area contributed by atoms with Gasteiger partial charge in [0.05, 0.1) is 7.11 Å². The van der Waals surface area contributed by atoms with Gasteiger partial charge in [0.1, 0.15) is 0 Å². The molecule has 0 radical (unpaired) electrons. The third-order valence-electron chi connectivity index (χ3n) is 1.66. The minimum Gasteiger partial charge on any atom is -0.469 e. The smallest absolute Gasteiger partial charge is 0.305 e. The first-order valence-corrected chi connectivity index (χ1v) is 4.03. The molecule has 2 N–H and O–H groups in total. The van der Waals surface area contributed by atoms with Crippen LogP contribution in [0.5, 0.6) is 0 Å². The molecular formula is C8H15F2NO2. The Bertz CT molecular complexity index is 168. The molecule has 0 aliphatic rings. The standard InChI is InChI=1S/C8H15F2NO2/c1-8(9,10)4-6(5-11)3-7(12)13-2/h6H,3-5,11H2,1-2H3. The lowest BCUT2D eigenvalue weighted by molar-refractivity contribution is -0.142. The number of alkyl halides is 2. The van der Waals surface area contributed by atoms with Crippen molar-refractivity contribution in [3.05, 3.63) is 0 Å². The molecule has 0 bridgehead atoms. The van der Waals surface area contributed by atoms with Crippen LogP contribution < -0.4 is 5.73 Å². The quantitative estimate of drug-likeness (QED) is 0.670. The summed E-state index contributed by atoms with van der Waals surface area (Å²) in [5.74, 6) is -3.79. The average molecular weight is 195 g/mol. The molecule has 0 fully saturated rings. The minimum absolute atomic E-state index is 0.0452. The van der Waals surface area contributed by atoms with Crippen molar-refractivity contribution in [1.82, 2.24) is 0 Å². The lowest BCUT2D eigenvalue weighted by atomic mass is 9.98. The zero-order valence-electron chi connectivity index (χ0n) is 7.85. The SMILES string of the molecule is COC(=O)CC(CN)CC(C)(F)F. The normalized spacial score (nSPS) is 13.9. The lowest BCUT2D eigenvalue weighted by Crippen LogP contribution is -2.25. The summed E-state index contributed by atoms with van der Waals surface area (Å²) >= 11 is 0. The summed E-state index contributed by atoms with van der Waals surface area (Å²) in [6.07, 6.45) is -0.422. The van der Waals surface area contributed by atoms with E-state index >= 15 is 0 Å². The van der Waals surface area contributed by atoms with Crippen molar-refractivity contribution >= 4 is 5.97 Å². The van der Waals surface area contributed by atoms with Gasteiger partial charge in [-0.3, -0.25) is 4.79 Å². The van der Waals surface area contributed by atoms with Gasteiger partial charge in [-0.15, -0.1) is 0 Å². The van der Waals surface area contributed by atoms with Gasteiger partial charge in [0.15, 0.2) is 0 Å². The van der Waals surface area contributed by atoms with Crippen molar-refractivity contribution in [3.8, 4) is 0 Å². The van der Waals surface area contributed by atoms with Gasteiger partial charge in [0, 0.05) is 12.8 Å². The van der Waals surface area contributed by atoms with E-state index in [1.54, 1.807) is 0 Å². The predicted molar refractivity (Wildman–Crippen MR) is 44.4 cm³/mol. The van der Waals surface area contributed by atoms with Gasteiger partial charge in [-0.2, -0.15) is 0 Å². The molecule has 0 heterocycles. The van der Waals surface area contributed by atoms with Crippen LogP contribution in [0.25, 0.3) is 0 Å². The topological polar surface area (TPSA) is 52.3 Å². The lowest BCUT2D eigenvalue weighted by Gasteiger charge is -2.17. The number of esters is 1. The first kappa shape index (κ1) is 12.3. The second kappa shape index (κ2) is 5.11. The summed E-state index contributed by atoms with van der Waals surface area (Å²) in [6, 6.07) is 0. The van der Waals surface area contributed by atoms with Gasteiger partial charge in [-0.1, -0.05) is 0 Å². The van der Waals surface area contributed by atoms with Crippen LogP contribution in [-0.2, 0) is 9.53 Å². The Morgan fingerprint density at radius 1 is 1.62 bits per heavy atom. The van der Waals surface area contributed by atoms with E-state index in [4.69, 9.17) is 5.73 Å². The third kappa shape index (κ3) is 6.45. The van der Waals surface area contributed by atoms with Crippen molar-refractivity contribution in [1.29, 1.82) is 0 Å². The Balaban J connectivity index is 3.97. The van der Waals surface area contributed by atoms with Crippen LogP contribution in [0, 0.1) is 5.92 Å². The molecule has 0 aliphatic heterocycles. The Morgan fingerprint density at radius 3 is 2.46 bits per heavy atom. The van der Waals surface area contributed by atoms with Gasteiger partial charge in [0.2, 0.25) is 5.92 Å². The van der Waals surface area contributed by atoms with Crippen LogP contribution in [0.4, 0.5) is 8.78 Å². The fourth-order valence-electron chi connectivity index (χ4n) is 1.06. The number of rotatable bonds is 5. The monoisotopic (exact) mass is 195 g/mol. The highest BCUT2D eigenvalue weighted by Crippen LogP contribution is 2.24. The molecule has 0 saturated carbocycles. The van der Waals surface area contributed by atoms with Gasteiger partial charge in [-0.25, -0.2) is 8.78 Å². The number of nitrogens with two attached hydrogens (primary N) is 1. The number of methoxy groups -OCH3 is 1. The summed E-state index contributed by atoms with van der Waals surface area (Å²) < 4.78 is 29.4. The number of carbonyl (C=O) groups is 1. The molecule has 0 aromatic heterocycles. The fourth-order valence-corrected chi connectivity index (χ4v) is 1.06. The van der Waals surface area contributed by atoms with E-state index in [0.29, 0.717) is 0 Å². The van der Waals surface area contributed by atoms with Crippen molar-refractivity contribution in [2.75, 3.05) is 13.7 Å². The largest absolute Gasteiger partial charge is 0.469 e. The zero-order valence-corrected chi connectivity index (χ0v) is 7.85. The third-order valence-corrected chi connectivity index (χ3v) is 1.66. The van der Waals surface area contributed by atoms with Crippen molar-refractivity contribution < 1.29 is 18.3 Å². The molecule has 0 spiro atoms. The number of ether oxygens (including phenoxy) is 1. The highest BCUT2D eigenvalue weighted by molar-refractivity contribution is 5.69. The van der Waals surface area contributed by atoms with Crippen molar-refractivity contribution in [2.24, 2.45) is 11.7 Å². The van der Waals surface area contributed by atoms with Crippen LogP contribution in [0.3, 0.4) is 0 Å². The maximum absolute atomic E-state index is 12.5. The van der Waals surface area contributed by atoms with Crippen molar-refractivity contribution in [2.45, 2.75) is 25.7 Å². The van der Waals surface area contributed by atoms with Crippen LogP contribution >= 0.6 is 0 Å². The van der Waals surface area contributed by atoms with Crippen LogP contribution in [0.2, 0.25) is 0 Å². The second-order valence-corrected chi connectivity index (χ2v) is 3.16. The van der Waals surface area contributed by atoms with Crippen LogP contribution in [-0.4, -0.2) is 25.5 Å². The summed E-state index contributed by atoms with van der Waals surface area (Å²) in [4.78, 5) is 10.7. The molecule has 1 unspecified atom stereocenters. The average Bonchev–Trinajstić information content (AvgIpc) is 2.00. The number of carbonyl (C=O) groups excluding carboxylic acids is 1. The summed E-state index contributed by atoms with van der Waals surface area (Å²) in [6.45, 7) is 0.880. The van der Waals surface area contributed by atoms with Crippen LogP contribution in [0.15, 0.2) is 0 Å². The van der Waals surface area contributed by atoms with Gasteiger partial charge >= 0.3 is 5.97 Å². The molecule has 1 atom stereocenters. The van der Waals surface area contributed by atoms with Gasteiger partial charge in [-0.05, 0) is 19.4 Å². The van der Waals surface area contributed by atoms with E-state index in [1.165, 1.54) is 7.11 Å². The molecule has 0 aromatic rings. The van der Waals surface area contributed by atoms with E-state index in [0.717, 1.165) is 6.92 Å². The molecule has 0 aliphatic carbocycles. The summed E-state index contributed by atoms with van der Waals surface area (Å²) in [5.41, 5.74) is 5.24.